The minimum absolute atomic E-state index is 0.339. The third kappa shape index (κ3) is 3.71. The van der Waals surface area contributed by atoms with Crippen molar-refractivity contribution >= 4 is 22.8 Å². The van der Waals surface area contributed by atoms with Crippen LogP contribution in [0, 0.1) is 0 Å². The molecule has 0 aliphatic heterocycles. The minimum Gasteiger partial charge on any atom is -0.463 e. The Hall–Kier alpha value is -3.66. The van der Waals surface area contributed by atoms with E-state index in [0.717, 1.165) is 22.4 Å². The van der Waals surface area contributed by atoms with E-state index in [9.17, 15) is 4.79 Å². The first-order valence-corrected chi connectivity index (χ1v) is 9.21. The van der Waals surface area contributed by atoms with Gasteiger partial charge in [-0.3, -0.25) is 0 Å². The Morgan fingerprint density at radius 1 is 1.07 bits per heavy atom. The second-order valence-corrected chi connectivity index (χ2v) is 6.39. The molecular weight excluding hydrogens is 348 g/mol. The molecular formula is C24H20N2O2. The third-order valence-corrected chi connectivity index (χ3v) is 4.56. The monoisotopic (exact) mass is 368 g/mol. The summed E-state index contributed by atoms with van der Waals surface area (Å²) in [4.78, 5) is 15.8. The van der Waals surface area contributed by atoms with Gasteiger partial charge in [0.05, 0.1) is 18.6 Å². The second kappa shape index (κ2) is 7.92. The van der Waals surface area contributed by atoms with Crippen LogP contribution >= 0.6 is 0 Å². The fraction of sp³-hybridized carbons (Fsp3) is 0.0833. The van der Waals surface area contributed by atoms with Gasteiger partial charge in [0, 0.05) is 24.0 Å². The zero-order valence-corrected chi connectivity index (χ0v) is 15.6. The number of carbonyl (C=O) groups is 1. The van der Waals surface area contributed by atoms with Crippen molar-refractivity contribution in [2.75, 3.05) is 6.61 Å². The Morgan fingerprint density at radius 3 is 2.71 bits per heavy atom. The van der Waals surface area contributed by atoms with E-state index in [0.29, 0.717) is 6.61 Å². The van der Waals surface area contributed by atoms with Crippen molar-refractivity contribution in [1.82, 2.24) is 9.55 Å². The van der Waals surface area contributed by atoms with Gasteiger partial charge in [0.25, 0.3) is 0 Å². The highest BCUT2D eigenvalue weighted by Crippen LogP contribution is 2.31. The van der Waals surface area contributed by atoms with Crippen molar-refractivity contribution < 1.29 is 9.53 Å². The van der Waals surface area contributed by atoms with Crippen molar-refractivity contribution in [3.8, 4) is 16.8 Å². The molecule has 3 aromatic carbocycles. The fourth-order valence-electron chi connectivity index (χ4n) is 3.23. The zero-order valence-electron chi connectivity index (χ0n) is 15.6. The average Bonchev–Trinajstić information content (AvgIpc) is 3.26. The third-order valence-electron chi connectivity index (χ3n) is 4.56. The van der Waals surface area contributed by atoms with Gasteiger partial charge < -0.3 is 9.30 Å². The number of benzene rings is 3. The lowest BCUT2D eigenvalue weighted by atomic mass is 9.97. The lowest BCUT2D eigenvalue weighted by Gasteiger charge is -2.13. The molecule has 0 fully saturated rings. The van der Waals surface area contributed by atoms with Gasteiger partial charge >= 0.3 is 5.97 Å². The lowest BCUT2D eigenvalue weighted by Crippen LogP contribution is -1.99. The summed E-state index contributed by atoms with van der Waals surface area (Å²) in [6.45, 7) is 2.16. The first kappa shape index (κ1) is 17.7. The first-order valence-electron chi connectivity index (χ1n) is 9.21. The van der Waals surface area contributed by atoms with E-state index in [1.807, 2.05) is 35.0 Å². The van der Waals surface area contributed by atoms with Crippen LogP contribution in [0.15, 0.2) is 85.5 Å². The van der Waals surface area contributed by atoms with Crippen molar-refractivity contribution in [2.24, 2.45) is 0 Å². The van der Waals surface area contributed by atoms with Crippen molar-refractivity contribution in [3.05, 3.63) is 91.0 Å². The predicted octanol–water partition coefficient (Wildman–Crippen LogP) is 5.27. The molecule has 28 heavy (non-hydrogen) atoms. The molecule has 4 rings (SSSR count). The molecule has 0 N–H and O–H groups in total. The molecule has 0 unspecified atom stereocenters. The second-order valence-electron chi connectivity index (χ2n) is 6.39. The highest BCUT2D eigenvalue weighted by molar-refractivity contribution is 5.90. The number of esters is 1. The molecule has 0 aliphatic carbocycles. The number of rotatable bonds is 5. The summed E-state index contributed by atoms with van der Waals surface area (Å²) < 4.78 is 6.96. The molecule has 4 heteroatoms. The SMILES string of the molecule is CCOC(=O)/C=C/c1ccc(-n2ccnc2)c(-c2ccc3ccccc3c2)c1. The minimum atomic E-state index is -0.339. The Bertz CT molecular complexity index is 1140. The zero-order chi connectivity index (χ0) is 19.3. The highest BCUT2D eigenvalue weighted by Gasteiger charge is 2.09. The summed E-state index contributed by atoms with van der Waals surface area (Å²) in [7, 11) is 0. The van der Waals surface area contributed by atoms with Crippen LogP contribution in [0.1, 0.15) is 12.5 Å². The van der Waals surface area contributed by atoms with Crippen LogP contribution in [0.4, 0.5) is 0 Å². The van der Waals surface area contributed by atoms with Gasteiger partial charge in [0.1, 0.15) is 0 Å². The molecule has 0 bridgehead atoms. The topological polar surface area (TPSA) is 44.1 Å². The summed E-state index contributed by atoms with van der Waals surface area (Å²) in [5, 5.41) is 2.39. The number of aromatic nitrogens is 2. The molecule has 4 nitrogen and oxygen atoms in total. The molecule has 1 heterocycles. The summed E-state index contributed by atoms with van der Waals surface area (Å²) in [6.07, 6.45) is 8.71. The normalized spacial score (nSPS) is 11.2. The highest BCUT2D eigenvalue weighted by atomic mass is 16.5. The largest absolute Gasteiger partial charge is 0.463 e. The van der Waals surface area contributed by atoms with Crippen LogP contribution in [0.2, 0.25) is 0 Å². The maximum atomic E-state index is 11.7. The standard InChI is InChI=1S/C24H20N2O2/c1-2-28-24(27)12-8-18-7-11-23(26-14-13-25-17-26)22(15-18)21-10-9-19-5-3-4-6-20(19)16-21/h3-17H,2H2,1H3/b12-8+. The predicted molar refractivity (Wildman–Crippen MR) is 112 cm³/mol. The Kier molecular flexibility index (Phi) is 5.02. The molecule has 0 aliphatic rings. The van der Waals surface area contributed by atoms with Crippen LogP contribution < -0.4 is 0 Å². The van der Waals surface area contributed by atoms with Gasteiger partial charge in [0.2, 0.25) is 0 Å². The van der Waals surface area contributed by atoms with Crippen LogP contribution in [-0.4, -0.2) is 22.1 Å². The van der Waals surface area contributed by atoms with Crippen LogP contribution in [0.3, 0.4) is 0 Å². The number of imidazole rings is 1. The van der Waals surface area contributed by atoms with Gasteiger partial charge in [-0.15, -0.1) is 0 Å². The lowest BCUT2D eigenvalue weighted by molar-refractivity contribution is -0.137. The number of hydrogen-bond donors (Lipinski definition) is 0. The molecule has 0 atom stereocenters. The molecule has 1 aromatic heterocycles. The number of nitrogens with zero attached hydrogens (tertiary/aromatic N) is 2. The van der Waals surface area contributed by atoms with Crippen LogP contribution in [-0.2, 0) is 9.53 Å². The number of ether oxygens (including phenoxy) is 1. The summed E-state index contributed by atoms with van der Waals surface area (Å²) in [5.74, 6) is -0.339. The van der Waals surface area contributed by atoms with Gasteiger partial charge in [-0.2, -0.15) is 0 Å². The molecule has 0 amide bonds. The van der Waals surface area contributed by atoms with Gasteiger partial charge in [-0.1, -0.05) is 42.5 Å². The van der Waals surface area contributed by atoms with Crippen LogP contribution in [0.5, 0.6) is 0 Å². The van der Waals surface area contributed by atoms with E-state index in [-0.39, 0.29) is 5.97 Å². The molecule has 4 aromatic rings. The van der Waals surface area contributed by atoms with E-state index in [4.69, 9.17) is 4.74 Å². The summed E-state index contributed by atoms with van der Waals surface area (Å²) >= 11 is 0. The van der Waals surface area contributed by atoms with Crippen molar-refractivity contribution in [3.63, 3.8) is 0 Å². The van der Waals surface area contributed by atoms with E-state index in [1.165, 1.54) is 16.8 Å². The maximum Gasteiger partial charge on any atom is 0.330 e. The van der Waals surface area contributed by atoms with E-state index < -0.39 is 0 Å². The Balaban J connectivity index is 1.81. The van der Waals surface area contributed by atoms with E-state index in [2.05, 4.69) is 41.4 Å². The van der Waals surface area contributed by atoms with Crippen LogP contribution in [0.25, 0.3) is 33.7 Å². The molecule has 0 spiro atoms. The van der Waals surface area contributed by atoms with Crippen molar-refractivity contribution in [1.29, 1.82) is 0 Å². The molecule has 138 valence electrons. The Labute approximate surface area is 163 Å². The molecule has 0 saturated carbocycles. The number of fused-ring (bicyclic) bond motifs is 1. The smallest absolute Gasteiger partial charge is 0.330 e. The van der Waals surface area contributed by atoms with Crippen molar-refractivity contribution in [2.45, 2.75) is 6.92 Å². The number of carbonyl (C=O) groups excluding carboxylic acids is 1. The summed E-state index contributed by atoms with van der Waals surface area (Å²) in [5.41, 5.74) is 4.13. The quantitative estimate of drug-likeness (QED) is 0.356. The maximum absolute atomic E-state index is 11.7. The van der Waals surface area contributed by atoms with Gasteiger partial charge in [-0.25, -0.2) is 9.78 Å². The van der Waals surface area contributed by atoms with E-state index >= 15 is 0 Å². The van der Waals surface area contributed by atoms with Gasteiger partial charge in [0.15, 0.2) is 0 Å². The fourth-order valence-corrected chi connectivity index (χ4v) is 3.23. The Morgan fingerprint density at radius 2 is 1.93 bits per heavy atom. The molecule has 0 saturated heterocycles. The number of hydrogen-bond acceptors (Lipinski definition) is 3. The van der Waals surface area contributed by atoms with Gasteiger partial charge in [-0.05, 0) is 53.1 Å². The average molecular weight is 368 g/mol. The molecule has 0 radical (unpaired) electrons. The first-order chi connectivity index (χ1) is 13.7. The van der Waals surface area contributed by atoms with E-state index in [1.54, 1.807) is 25.5 Å². The summed E-state index contributed by atoms with van der Waals surface area (Å²) in [6, 6.07) is 20.8.